The molecule has 0 heterocycles. The molecule has 7 atom stereocenters. The Bertz CT molecular complexity index is 972. The molecule has 1 aromatic rings. The van der Waals surface area contributed by atoms with Crippen molar-refractivity contribution in [1.82, 2.24) is 0 Å². The minimum atomic E-state index is -0.950. The number of ketones is 1. The van der Waals surface area contributed by atoms with Crippen LogP contribution in [0.15, 0.2) is 30.3 Å². The van der Waals surface area contributed by atoms with Crippen LogP contribution in [0.2, 0.25) is 0 Å². The first kappa shape index (κ1) is 21.7. The van der Waals surface area contributed by atoms with Crippen LogP contribution < -0.4 is 0 Å². The van der Waals surface area contributed by atoms with Crippen LogP contribution in [0.1, 0.15) is 82.5 Å². The molecule has 1 aromatic carbocycles. The molecule has 5 nitrogen and oxygen atoms in total. The molecule has 4 fully saturated rings. The maximum Gasteiger partial charge on any atom is 0.338 e. The van der Waals surface area contributed by atoms with Crippen LogP contribution in [-0.2, 0) is 14.3 Å². The third kappa shape index (κ3) is 2.72. The van der Waals surface area contributed by atoms with Crippen molar-refractivity contribution in [3.05, 3.63) is 35.9 Å². The number of rotatable bonds is 3. The zero-order valence-electron chi connectivity index (χ0n) is 19.4. The molecule has 0 saturated heterocycles. The lowest BCUT2D eigenvalue weighted by molar-refractivity contribution is -0.224. The van der Waals surface area contributed by atoms with Crippen LogP contribution in [0.4, 0.5) is 0 Å². The summed E-state index contributed by atoms with van der Waals surface area (Å²) in [5.41, 5.74) is -1.08. The average molecular weight is 439 g/mol. The van der Waals surface area contributed by atoms with Gasteiger partial charge in [-0.15, -0.1) is 0 Å². The number of carboxylic acid groups (broad SMARTS) is 1. The van der Waals surface area contributed by atoms with Gasteiger partial charge >= 0.3 is 11.9 Å². The molecule has 1 N–H and O–H groups in total. The Kier molecular flexibility index (Phi) is 4.68. The second-order valence-corrected chi connectivity index (χ2v) is 11.7. The van der Waals surface area contributed by atoms with E-state index in [2.05, 4.69) is 13.8 Å². The number of Topliss-reactive ketones (excluding diaryl/α,β-unsaturated/α-hetero) is 1. The van der Waals surface area contributed by atoms with E-state index in [1.165, 1.54) is 0 Å². The fraction of sp³-hybridized carbons (Fsp3) is 0.667. The Morgan fingerprint density at radius 3 is 2.44 bits per heavy atom. The van der Waals surface area contributed by atoms with Gasteiger partial charge in [0.15, 0.2) is 0 Å². The van der Waals surface area contributed by atoms with E-state index in [0.29, 0.717) is 30.6 Å². The summed E-state index contributed by atoms with van der Waals surface area (Å²) < 4.78 is 6.16. The quantitative estimate of drug-likeness (QED) is 0.650. The highest BCUT2D eigenvalue weighted by atomic mass is 16.5. The number of benzene rings is 1. The fourth-order valence-electron chi connectivity index (χ4n) is 8.66. The molecule has 5 rings (SSSR count). The molecule has 4 aliphatic carbocycles. The summed E-state index contributed by atoms with van der Waals surface area (Å²) in [6.45, 7) is 6.23. The van der Waals surface area contributed by atoms with Crippen molar-refractivity contribution in [2.45, 2.75) is 78.2 Å². The predicted octanol–water partition coefficient (Wildman–Crippen LogP) is 5.28. The number of fused-ring (bicyclic) bond motifs is 2. The Labute approximate surface area is 189 Å². The predicted molar refractivity (Wildman–Crippen MR) is 119 cm³/mol. The first-order valence-electron chi connectivity index (χ1n) is 12.1. The lowest BCUT2D eigenvalue weighted by Gasteiger charge is -2.67. The number of ether oxygens (including phenoxy) is 1. The monoisotopic (exact) mass is 438 g/mol. The molecular formula is C27H34O5. The highest BCUT2D eigenvalue weighted by Crippen LogP contribution is 2.75. The van der Waals surface area contributed by atoms with Gasteiger partial charge in [-0.2, -0.15) is 0 Å². The summed E-state index contributed by atoms with van der Waals surface area (Å²) in [6, 6.07) is 8.92. The largest absolute Gasteiger partial charge is 0.481 e. The second-order valence-electron chi connectivity index (χ2n) is 11.7. The third-order valence-corrected chi connectivity index (χ3v) is 10.3. The van der Waals surface area contributed by atoms with E-state index in [-0.39, 0.29) is 28.1 Å². The summed E-state index contributed by atoms with van der Waals surface area (Å²) in [5.74, 6) is -0.970. The molecule has 4 aliphatic rings. The van der Waals surface area contributed by atoms with Gasteiger partial charge in [-0.05, 0) is 74.3 Å². The smallest absolute Gasteiger partial charge is 0.338 e. The number of carbonyl (C=O) groups is 3. The summed E-state index contributed by atoms with van der Waals surface area (Å²) in [6.07, 6.45) is 5.72. The van der Waals surface area contributed by atoms with Gasteiger partial charge in [0.25, 0.3) is 0 Å². The van der Waals surface area contributed by atoms with Crippen LogP contribution in [0.5, 0.6) is 0 Å². The summed E-state index contributed by atoms with van der Waals surface area (Å²) in [5, 5.41) is 10.4. The zero-order valence-corrected chi connectivity index (χ0v) is 19.4. The molecule has 0 radical (unpaired) electrons. The van der Waals surface area contributed by atoms with Crippen molar-refractivity contribution < 1.29 is 24.2 Å². The van der Waals surface area contributed by atoms with Gasteiger partial charge in [0.05, 0.1) is 11.0 Å². The van der Waals surface area contributed by atoms with E-state index in [4.69, 9.17) is 4.74 Å². The number of aliphatic carboxylic acids is 1. The molecule has 0 aromatic heterocycles. The minimum absolute atomic E-state index is 0.0485. The normalized spacial score (nSPS) is 45.0. The average Bonchev–Trinajstić information content (AvgIpc) is 3.08. The highest BCUT2D eigenvalue weighted by molar-refractivity contribution is 5.89. The number of carbonyl (C=O) groups excluding carboxylic acids is 2. The maximum atomic E-state index is 13.1. The third-order valence-electron chi connectivity index (χ3n) is 10.3. The highest BCUT2D eigenvalue weighted by Gasteiger charge is 2.73. The molecular weight excluding hydrogens is 404 g/mol. The van der Waals surface area contributed by atoms with Crippen molar-refractivity contribution in [3.8, 4) is 0 Å². The first-order chi connectivity index (χ1) is 15.1. The first-order valence-corrected chi connectivity index (χ1v) is 12.1. The Hall–Kier alpha value is -2.17. The number of hydrogen-bond acceptors (Lipinski definition) is 4. The lowest BCUT2D eigenvalue weighted by Crippen LogP contribution is -2.66. The Morgan fingerprint density at radius 1 is 1.03 bits per heavy atom. The summed E-state index contributed by atoms with van der Waals surface area (Å²) in [7, 11) is 0. The van der Waals surface area contributed by atoms with Crippen molar-refractivity contribution in [1.29, 1.82) is 0 Å². The minimum Gasteiger partial charge on any atom is -0.481 e. The van der Waals surface area contributed by atoms with Gasteiger partial charge in [-0.3, -0.25) is 9.59 Å². The Morgan fingerprint density at radius 2 is 1.75 bits per heavy atom. The van der Waals surface area contributed by atoms with E-state index in [1.807, 2.05) is 13.0 Å². The molecule has 4 saturated carbocycles. The zero-order chi connectivity index (χ0) is 22.9. The summed E-state index contributed by atoms with van der Waals surface area (Å²) in [4.78, 5) is 38.8. The van der Waals surface area contributed by atoms with Gasteiger partial charge in [-0.1, -0.05) is 38.5 Å². The van der Waals surface area contributed by atoms with Crippen LogP contribution in [0.3, 0.4) is 0 Å². The van der Waals surface area contributed by atoms with E-state index >= 15 is 0 Å². The second kappa shape index (κ2) is 6.91. The maximum absolute atomic E-state index is 13.1. The molecule has 2 bridgehead atoms. The molecule has 0 aliphatic heterocycles. The standard InChI is InChI=1S/C27H34O5/c1-24-12-13-27(16-24)18(15-20(24)28)14-19(32-22(29)17-8-5-4-6-9-17)21-25(2,23(30)31)10-7-11-26(21,27)3/h4-6,8-9,18-19,21H,7,10-16H2,1-3H3,(H,30,31)/t18-,19+,21?,24?,25?,26-,27?/m0/s1. The van der Waals surface area contributed by atoms with E-state index in [9.17, 15) is 19.5 Å². The fourth-order valence-corrected chi connectivity index (χ4v) is 8.66. The van der Waals surface area contributed by atoms with Crippen molar-refractivity contribution in [3.63, 3.8) is 0 Å². The van der Waals surface area contributed by atoms with E-state index in [0.717, 1.165) is 32.1 Å². The number of hydrogen-bond donors (Lipinski definition) is 1. The molecule has 4 unspecified atom stereocenters. The number of esters is 1. The Balaban J connectivity index is 1.59. The molecule has 172 valence electrons. The van der Waals surface area contributed by atoms with Crippen LogP contribution in [-0.4, -0.2) is 28.9 Å². The van der Waals surface area contributed by atoms with Crippen LogP contribution in [0, 0.1) is 33.5 Å². The van der Waals surface area contributed by atoms with Crippen LogP contribution in [0.25, 0.3) is 0 Å². The number of carboxylic acids is 1. The van der Waals surface area contributed by atoms with Crippen LogP contribution >= 0.6 is 0 Å². The van der Waals surface area contributed by atoms with Gasteiger partial charge in [0.1, 0.15) is 11.9 Å². The van der Waals surface area contributed by atoms with Crippen molar-refractivity contribution >= 4 is 17.7 Å². The van der Waals surface area contributed by atoms with Gasteiger partial charge in [0.2, 0.25) is 0 Å². The summed E-state index contributed by atoms with van der Waals surface area (Å²) >= 11 is 0. The molecule has 32 heavy (non-hydrogen) atoms. The lowest BCUT2D eigenvalue weighted by atomic mass is 9.37. The van der Waals surface area contributed by atoms with E-state index in [1.54, 1.807) is 24.3 Å². The topological polar surface area (TPSA) is 80.7 Å². The molecule has 5 heteroatoms. The molecule has 1 spiro atoms. The van der Waals surface area contributed by atoms with E-state index < -0.39 is 23.5 Å². The van der Waals surface area contributed by atoms with Gasteiger partial charge in [0, 0.05) is 17.8 Å². The SMILES string of the molecule is CC12CCC3(C1)[C@H](CC2=O)C[C@@H](OC(=O)c1ccccc1)C1C(C)(C(=O)O)CCC[C@@]13C. The van der Waals surface area contributed by atoms with Crippen molar-refractivity contribution in [2.75, 3.05) is 0 Å². The van der Waals surface area contributed by atoms with Crippen molar-refractivity contribution in [2.24, 2.45) is 33.5 Å². The van der Waals surface area contributed by atoms with Gasteiger partial charge < -0.3 is 9.84 Å². The van der Waals surface area contributed by atoms with Gasteiger partial charge in [-0.25, -0.2) is 4.79 Å². The molecule has 0 amide bonds.